The second kappa shape index (κ2) is 21.5. The fourth-order valence-electron chi connectivity index (χ4n) is 11.5. The summed E-state index contributed by atoms with van der Waals surface area (Å²) in [5.74, 6) is 0.139. The molecule has 2 unspecified atom stereocenters. The van der Waals surface area contributed by atoms with Crippen LogP contribution in [0.2, 0.25) is 0 Å². The van der Waals surface area contributed by atoms with Gasteiger partial charge in [0.15, 0.2) is 17.3 Å². The maximum Gasteiger partial charge on any atom is 0.268 e. The van der Waals surface area contributed by atoms with Crippen molar-refractivity contribution in [1.29, 1.82) is 0 Å². The molecular weight excluding hydrogens is 948 g/mol. The molecule has 2 saturated carbocycles. The average molecular weight is 1020 g/mol. The van der Waals surface area contributed by atoms with Gasteiger partial charge in [-0.05, 0) is 91.9 Å². The van der Waals surface area contributed by atoms with E-state index in [1.807, 2.05) is 4.90 Å². The summed E-state index contributed by atoms with van der Waals surface area (Å²) in [6.45, 7) is 12.2. The number of benzene rings is 2. The molecule has 3 aromatic heterocycles. The van der Waals surface area contributed by atoms with Gasteiger partial charge in [-0.3, -0.25) is 14.6 Å². The van der Waals surface area contributed by atoms with E-state index in [2.05, 4.69) is 79.8 Å². The number of hydrogen-bond acceptors (Lipinski definition) is 12. The number of hydroxylamine groups is 1. The van der Waals surface area contributed by atoms with Gasteiger partial charge in [0.05, 0.1) is 37.3 Å². The van der Waals surface area contributed by atoms with Crippen LogP contribution >= 0.6 is 0 Å². The highest BCUT2D eigenvalue weighted by atomic mass is 32.2. The van der Waals surface area contributed by atoms with Crippen LogP contribution in [0.3, 0.4) is 0 Å². The third-order valence-electron chi connectivity index (χ3n) is 15.6. The topological polar surface area (TPSA) is 173 Å². The van der Waals surface area contributed by atoms with Crippen LogP contribution in [0.1, 0.15) is 113 Å². The highest BCUT2D eigenvalue weighted by molar-refractivity contribution is 7.90. The van der Waals surface area contributed by atoms with E-state index in [-0.39, 0.29) is 80.0 Å². The van der Waals surface area contributed by atoms with E-state index in [0.717, 1.165) is 69.8 Å². The van der Waals surface area contributed by atoms with Crippen molar-refractivity contribution in [3.8, 4) is 17.4 Å². The monoisotopic (exact) mass is 1020 g/mol. The number of sulfonamides is 1. The van der Waals surface area contributed by atoms with E-state index in [9.17, 15) is 31.6 Å². The summed E-state index contributed by atoms with van der Waals surface area (Å²) >= 11 is 0. The van der Waals surface area contributed by atoms with Crippen molar-refractivity contribution in [3.05, 3.63) is 94.7 Å². The molecule has 0 bridgehead atoms. The Labute approximate surface area is 420 Å². The number of fused-ring (bicyclic) bond motifs is 1. The molecule has 2 saturated heterocycles. The number of hydrogen-bond donors (Lipinski definition) is 4. The number of ether oxygens (including phenoxy) is 2. The molecule has 2 atom stereocenters. The van der Waals surface area contributed by atoms with E-state index < -0.39 is 28.2 Å². The molecule has 4 aliphatic rings. The predicted molar refractivity (Wildman–Crippen MR) is 271 cm³/mol. The number of pyridine rings is 2. The van der Waals surface area contributed by atoms with Gasteiger partial charge < -0.3 is 34.9 Å². The third kappa shape index (κ3) is 11.2. The van der Waals surface area contributed by atoms with Crippen molar-refractivity contribution in [3.63, 3.8) is 0 Å². The summed E-state index contributed by atoms with van der Waals surface area (Å²) in [5, 5.41) is 15.8. The van der Waals surface area contributed by atoms with Crippen LogP contribution in [0.25, 0.3) is 11.0 Å². The molecule has 15 nitrogen and oxygen atoms in total. The molecule has 1 amide bonds. The van der Waals surface area contributed by atoms with Crippen molar-refractivity contribution in [2.75, 3.05) is 69.7 Å². The van der Waals surface area contributed by atoms with E-state index >= 15 is 0 Å². The highest BCUT2D eigenvalue weighted by Crippen LogP contribution is 2.53. The van der Waals surface area contributed by atoms with Gasteiger partial charge in [-0.1, -0.05) is 57.9 Å². The van der Waals surface area contributed by atoms with E-state index in [1.165, 1.54) is 42.6 Å². The van der Waals surface area contributed by atoms with Crippen molar-refractivity contribution < 1.29 is 40.9 Å². The number of nitrogens with zero attached hydrogens (tertiary/aromatic N) is 5. The summed E-state index contributed by atoms with van der Waals surface area (Å²) in [6.07, 6.45) is 8.10. The van der Waals surface area contributed by atoms with Crippen LogP contribution in [0.5, 0.6) is 17.4 Å². The minimum absolute atomic E-state index is 0.0137. The standard InChI is InChI=1S/C53H68F3N9O6S/c1-6-70-52-47(25-42-43(54)30-59-49(42)60-52)71-46-23-36(15-16-41(46)51(66)61-72(68,69)38-24-44(62(5)67)50(58-29-38)57-28-35-13-11-34(4)12-14-35)64-19-17-53(18-20-64)26-37(27-53)65-22-21-63(32-48(55)56)31-45(65)40-10-8-7-9-39(40)33(2)3/h7-10,15-16,23-25,29-30,33-35,37,45,48,62H,6,11-14,17-22,26-28,31-32H2,1-5H3,(H,57,58)(H,59,60)(H,61,66). The highest BCUT2D eigenvalue weighted by Gasteiger charge is 2.50. The Morgan fingerprint density at radius 1 is 1.01 bits per heavy atom. The summed E-state index contributed by atoms with van der Waals surface area (Å²) in [6, 6.07) is 16.4. The number of aromatic amines is 1. The lowest BCUT2D eigenvalue weighted by Crippen LogP contribution is -2.98. The van der Waals surface area contributed by atoms with Crippen molar-refractivity contribution in [1.82, 2.24) is 29.5 Å². The molecule has 4 N–H and O–H groups in total. The zero-order chi connectivity index (χ0) is 50.9. The molecule has 2 aliphatic carbocycles. The Hall–Kier alpha value is -5.47. The second-order valence-electron chi connectivity index (χ2n) is 20.8. The van der Waals surface area contributed by atoms with Gasteiger partial charge in [-0.2, -0.15) is 4.98 Å². The van der Waals surface area contributed by atoms with Gasteiger partial charge in [0, 0.05) is 81.4 Å². The number of amides is 1. The van der Waals surface area contributed by atoms with Crippen LogP contribution in [-0.2, 0) is 10.0 Å². The molecular formula is C53H68F3N9O6S. The molecule has 2 aromatic carbocycles. The zero-order valence-electron chi connectivity index (χ0n) is 41.9. The maximum atomic E-state index is 14.9. The number of nitrogens with one attached hydrogen (secondary N) is 4. The Bertz CT molecular complexity index is 2820. The van der Waals surface area contributed by atoms with Crippen LogP contribution in [0.4, 0.5) is 30.4 Å². The number of H-pyrrole nitrogens is 1. The minimum atomic E-state index is -4.58. The van der Waals surface area contributed by atoms with E-state index in [4.69, 9.17) is 9.47 Å². The Morgan fingerprint density at radius 3 is 2.47 bits per heavy atom. The Kier molecular flexibility index (Phi) is 15.4. The lowest BCUT2D eigenvalue weighted by Gasteiger charge is -2.58. The number of piperazine rings is 1. The van der Waals surface area contributed by atoms with Crippen molar-refractivity contribution in [2.45, 2.75) is 108 Å². The molecule has 0 radical (unpaired) electrons. The molecule has 19 heteroatoms. The molecule has 2 aliphatic heterocycles. The number of anilines is 2. The first kappa shape index (κ1) is 51.4. The largest absolute Gasteiger partial charge is 0.629 e. The van der Waals surface area contributed by atoms with Gasteiger partial charge in [0.25, 0.3) is 28.2 Å². The van der Waals surface area contributed by atoms with Gasteiger partial charge in [0.2, 0.25) is 0 Å². The number of carbonyl (C=O) groups is 1. The van der Waals surface area contributed by atoms with Gasteiger partial charge in [-0.25, -0.2) is 31.3 Å². The summed E-state index contributed by atoms with van der Waals surface area (Å²) in [4.78, 5) is 32.1. The third-order valence-corrected chi connectivity index (χ3v) is 16.9. The SMILES string of the molecule is CCOc1nc2[nH]cc(F)c2cc1Oc1cc(N2CCC3(CC2)CC(N2CCN(CC(F)F)CC2c2ccccc2C(C)C)C3)ccc1C(=O)NS(=O)(=O)c1cnc(NCC2CCC(C)CC2)c([NH+](C)[O-])c1. The molecule has 9 rings (SSSR count). The number of rotatable bonds is 17. The number of alkyl halides is 2. The van der Waals surface area contributed by atoms with Crippen LogP contribution in [-0.4, -0.2) is 111 Å². The zero-order valence-corrected chi connectivity index (χ0v) is 42.7. The first-order valence-corrected chi connectivity index (χ1v) is 27.0. The number of carbonyl (C=O) groups excluding carboxylic acids is 1. The number of aromatic nitrogens is 3. The second-order valence-corrected chi connectivity index (χ2v) is 22.5. The van der Waals surface area contributed by atoms with E-state index in [0.29, 0.717) is 56.5 Å². The summed E-state index contributed by atoms with van der Waals surface area (Å²) in [5.41, 5.74) is 3.52. The number of piperidine rings is 1. The first-order valence-electron chi connectivity index (χ1n) is 25.5. The molecule has 388 valence electrons. The minimum Gasteiger partial charge on any atom is -0.629 e. The molecule has 1 spiro atoms. The fraction of sp³-hybridized carbons (Fsp3) is 0.528. The van der Waals surface area contributed by atoms with Gasteiger partial charge in [-0.15, -0.1) is 0 Å². The van der Waals surface area contributed by atoms with E-state index in [1.54, 1.807) is 19.1 Å². The lowest BCUT2D eigenvalue weighted by atomic mass is 9.59. The predicted octanol–water partition coefficient (Wildman–Crippen LogP) is 8.79. The van der Waals surface area contributed by atoms with Gasteiger partial charge >= 0.3 is 0 Å². The Balaban J connectivity index is 0.937. The molecule has 4 fully saturated rings. The number of halogens is 3. The molecule has 72 heavy (non-hydrogen) atoms. The summed E-state index contributed by atoms with van der Waals surface area (Å²) < 4.78 is 84.6. The quantitative estimate of drug-likeness (QED) is 0.0654. The van der Waals surface area contributed by atoms with Crippen molar-refractivity contribution in [2.24, 2.45) is 17.3 Å². The lowest BCUT2D eigenvalue weighted by molar-refractivity contribution is -0.751. The van der Waals surface area contributed by atoms with Crippen LogP contribution in [0.15, 0.2) is 71.9 Å². The van der Waals surface area contributed by atoms with Crippen LogP contribution in [0, 0.1) is 28.3 Å². The number of quaternary nitrogens is 1. The molecule has 5 heterocycles. The van der Waals surface area contributed by atoms with Crippen molar-refractivity contribution >= 4 is 44.2 Å². The fourth-order valence-corrected chi connectivity index (χ4v) is 12.4. The Morgan fingerprint density at radius 2 is 1.76 bits per heavy atom. The van der Waals surface area contributed by atoms with Gasteiger partial charge in [0.1, 0.15) is 22.1 Å². The smallest absolute Gasteiger partial charge is 0.268 e. The molecule has 5 aromatic rings. The van der Waals surface area contributed by atoms with Crippen LogP contribution < -0.4 is 29.5 Å². The normalized spacial score (nSPS) is 21.5. The first-order chi connectivity index (χ1) is 34.5. The maximum absolute atomic E-state index is 14.9. The summed E-state index contributed by atoms with van der Waals surface area (Å²) in [7, 11) is -3.24. The average Bonchev–Trinajstić information content (AvgIpc) is 3.71.